The second-order valence-electron chi connectivity index (χ2n) is 5.35. The molecule has 1 heterocycles. The highest BCUT2D eigenvalue weighted by Gasteiger charge is 2.36. The van der Waals surface area contributed by atoms with E-state index < -0.39 is 0 Å². The van der Waals surface area contributed by atoms with Gasteiger partial charge in [-0.15, -0.1) is 0 Å². The van der Waals surface area contributed by atoms with Crippen LogP contribution in [0.1, 0.15) is 31.4 Å². The summed E-state index contributed by atoms with van der Waals surface area (Å²) in [5, 5.41) is 2.58. The van der Waals surface area contributed by atoms with Gasteiger partial charge in [0.1, 0.15) is 0 Å². The van der Waals surface area contributed by atoms with Gasteiger partial charge in [-0.3, -0.25) is 0 Å². The van der Waals surface area contributed by atoms with E-state index in [0.29, 0.717) is 0 Å². The molecule has 18 heavy (non-hydrogen) atoms. The molecule has 2 atom stereocenters. The standard InChI is InChI=1S/C16H19NS/c1-16(9-4-10-18-16)15(17)14-8-7-12-5-2-3-6-13(12)11-14/h2-3,5-8,11,15H,4,9-10,17H2,1H3. The van der Waals surface area contributed by atoms with Crippen LogP contribution < -0.4 is 5.73 Å². The van der Waals surface area contributed by atoms with Gasteiger partial charge >= 0.3 is 0 Å². The normalized spacial score (nSPS) is 25.4. The lowest BCUT2D eigenvalue weighted by atomic mass is 9.90. The SMILES string of the molecule is CC1(C(N)c2ccc3ccccc3c2)CCCS1. The van der Waals surface area contributed by atoms with Gasteiger partial charge in [-0.2, -0.15) is 11.8 Å². The second kappa shape index (κ2) is 4.60. The Hall–Kier alpha value is -0.990. The predicted octanol–water partition coefficient (Wildman–Crippen LogP) is 4.13. The molecule has 1 fully saturated rings. The minimum atomic E-state index is 0.134. The van der Waals surface area contributed by atoms with E-state index in [1.165, 1.54) is 34.9 Å². The Kier molecular flexibility index (Phi) is 3.08. The monoisotopic (exact) mass is 257 g/mol. The maximum atomic E-state index is 6.50. The van der Waals surface area contributed by atoms with Crippen LogP contribution in [0.5, 0.6) is 0 Å². The van der Waals surface area contributed by atoms with Crippen molar-refractivity contribution in [3.05, 3.63) is 48.0 Å². The first-order chi connectivity index (χ1) is 8.69. The van der Waals surface area contributed by atoms with Gasteiger partial charge in [0, 0.05) is 10.8 Å². The fraction of sp³-hybridized carbons (Fsp3) is 0.375. The van der Waals surface area contributed by atoms with E-state index in [0.717, 1.165) is 0 Å². The highest BCUT2D eigenvalue weighted by atomic mass is 32.2. The molecule has 0 amide bonds. The summed E-state index contributed by atoms with van der Waals surface area (Å²) in [5.41, 5.74) is 7.77. The highest BCUT2D eigenvalue weighted by Crippen LogP contribution is 2.45. The predicted molar refractivity (Wildman–Crippen MR) is 81.0 cm³/mol. The van der Waals surface area contributed by atoms with Gasteiger partial charge < -0.3 is 5.73 Å². The van der Waals surface area contributed by atoms with E-state index in [4.69, 9.17) is 5.73 Å². The summed E-state index contributed by atoms with van der Waals surface area (Å²) in [6, 6.07) is 15.2. The Labute approximate surface area is 113 Å². The number of benzene rings is 2. The van der Waals surface area contributed by atoms with E-state index in [-0.39, 0.29) is 10.8 Å². The highest BCUT2D eigenvalue weighted by molar-refractivity contribution is 8.00. The van der Waals surface area contributed by atoms with Crippen LogP contribution in [0.3, 0.4) is 0 Å². The van der Waals surface area contributed by atoms with Crippen molar-refractivity contribution >= 4 is 22.5 Å². The lowest BCUT2D eigenvalue weighted by Crippen LogP contribution is -2.33. The van der Waals surface area contributed by atoms with E-state index in [9.17, 15) is 0 Å². The number of hydrogen-bond donors (Lipinski definition) is 1. The Morgan fingerprint density at radius 1 is 1.17 bits per heavy atom. The topological polar surface area (TPSA) is 26.0 Å². The van der Waals surface area contributed by atoms with Crippen LogP contribution in [0, 0.1) is 0 Å². The molecule has 0 radical (unpaired) electrons. The van der Waals surface area contributed by atoms with Crippen molar-refractivity contribution in [1.82, 2.24) is 0 Å². The van der Waals surface area contributed by atoms with Gasteiger partial charge in [0.25, 0.3) is 0 Å². The maximum absolute atomic E-state index is 6.50. The molecule has 1 aliphatic heterocycles. The molecule has 1 nitrogen and oxygen atoms in total. The first-order valence-electron chi connectivity index (χ1n) is 6.57. The first-order valence-corrected chi connectivity index (χ1v) is 7.56. The summed E-state index contributed by atoms with van der Waals surface area (Å²) >= 11 is 2.03. The third-order valence-corrected chi connectivity index (χ3v) is 5.65. The molecule has 3 rings (SSSR count). The van der Waals surface area contributed by atoms with Crippen LogP contribution in [0.2, 0.25) is 0 Å². The van der Waals surface area contributed by atoms with Gasteiger partial charge in [0.15, 0.2) is 0 Å². The average molecular weight is 257 g/mol. The summed E-state index contributed by atoms with van der Waals surface area (Å²) in [6.45, 7) is 2.31. The molecule has 2 aromatic rings. The molecule has 2 heteroatoms. The second-order valence-corrected chi connectivity index (χ2v) is 6.98. The van der Waals surface area contributed by atoms with Gasteiger partial charge in [0.05, 0.1) is 0 Å². The van der Waals surface area contributed by atoms with Crippen LogP contribution in [0.25, 0.3) is 10.8 Å². The molecule has 0 spiro atoms. The fourth-order valence-electron chi connectivity index (χ4n) is 2.80. The van der Waals surface area contributed by atoms with Crippen LogP contribution in [-0.4, -0.2) is 10.5 Å². The summed E-state index contributed by atoms with van der Waals surface area (Å²) < 4.78 is 0.211. The zero-order chi connectivity index (χ0) is 12.6. The Morgan fingerprint density at radius 2 is 1.94 bits per heavy atom. The molecule has 0 aromatic heterocycles. The first kappa shape index (κ1) is 12.1. The lowest BCUT2D eigenvalue weighted by Gasteiger charge is -2.30. The van der Waals surface area contributed by atoms with E-state index in [2.05, 4.69) is 49.4 Å². The average Bonchev–Trinajstić information content (AvgIpc) is 2.85. The van der Waals surface area contributed by atoms with Crippen molar-refractivity contribution in [2.24, 2.45) is 5.73 Å². The van der Waals surface area contributed by atoms with Gasteiger partial charge in [-0.1, -0.05) is 36.4 Å². The van der Waals surface area contributed by atoms with Crippen LogP contribution in [-0.2, 0) is 0 Å². The van der Waals surface area contributed by atoms with E-state index in [1.54, 1.807) is 0 Å². The molecule has 0 bridgehead atoms. The maximum Gasteiger partial charge on any atom is 0.0441 e. The largest absolute Gasteiger partial charge is 0.323 e. The van der Waals surface area contributed by atoms with Crippen LogP contribution in [0.4, 0.5) is 0 Å². The van der Waals surface area contributed by atoms with Gasteiger partial charge in [0.2, 0.25) is 0 Å². The molecule has 0 aliphatic carbocycles. The van der Waals surface area contributed by atoms with E-state index >= 15 is 0 Å². The number of fused-ring (bicyclic) bond motifs is 1. The summed E-state index contributed by atoms with van der Waals surface area (Å²) in [6.07, 6.45) is 2.52. The molecule has 2 unspecified atom stereocenters. The Bertz CT molecular complexity index is 558. The van der Waals surface area contributed by atoms with Crippen molar-refractivity contribution in [2.45, 2.75) is 30.6 Å². The molecule has 1 aliphatic rings. The molecule has 2 N–H and O–H groups in total. The number of thioether (sulfide) groups is 1. The molecule has 2 aromatic carbocycles. The molecular formula is C16H19NS. The Balaban J connectivity index is 1.98. The summed E-state index contributed by atoms with van der Waals surface area (Å²) in [4.78, 5) is 0. The Morgan fingerprint density at radius 3 is 2.67 bits per heavy atom. The minimum Gasteiger partial charge on any atom is -0.323 e. The van der Waals surface area contributed by atoms with Crippen molar-refractivity contribution in [1.29, 1.82) is 0 Å². The summed E-state index contributed by atoms with van der Waals surface area (Å²) in [7, 11) is 0. The third kappa shape index (κ3) is 2.04. The van der Waals surface area contributed by atoms with Crippen LogP contribution in [0.15, 0.2) is 42.5 Å². The lowest BCUT2D eigenvalue weighted by molar-refractivity contribution is 0.502. The zero-order valence-electron chi connectivity index (χ0n) is 10.7. The van der Waals surface area contributed by atoms with Gasteiger partial charge in [-0.25, -0.2) is 0 Å². The number of rotatable bonds is 2. The van der Waals surface area contributed by atoms with Crippen molar-refractivity contribution in [2.75, 3.05) is 5.75 Å². The quantitative estimate of drug-likeness (QED) is 0.875. The molecule has 1 saturated heterocycles. The van der Waals surface area contributed by atoms with Crippen molar-refractivity contribution < 1.29 is 0 Å². The smallest absolute Gasteiger partial charge is 0.0441 e. The number of nitrogens with two attached hydrogens (primary N) is 1. The molecule has 94 valence electrons. The molecular weight excluding hydrogens is 238 g/mol. The van der Waals surface area contributed by atoms with Gasteiger partial charge in [-0.05, 0) is 47.9 Å². The third-order valence-electron chi connectivity index (χ3n) is 4.04. The zero-order valence-corrected chi connectivity index (χ0v) is 11.5. The minimum absolute atomic E-state index is 0.134. The van der Waals surface area contributed by atoms with E-state index in [1.807, 2.05) is 11.8 Å². The van der Waals surface area contributed by atoms with Crippen molar-refractivity contribution in [3.8, 4) is 0 Å². The fourth-order valence-corrected chi connectivity index (χ4v) is 4.16. The summed E-state index contributed by atoms with van der Waals surface area (Å²) in [5.74, 6) is 1.25. The van der Waals surface area contributed by atoms with Crippen molar-refractivity contribution in [3.63, 3.8) is 0 Å². The molecule has 0 saturated carbocycles. The van der Waals surface area contributed by atoms with Crippen LogP contribution >= 0.6 is 11.8 Å². The number of hydrogen-bond acceptors (Lipinski definition) is 2.